The van der Waals surface area contributed by atoms with Gasteiger partial charge in [-0.15, -0.1) is 0 Å². The van der Waals surface area contributed by atoms with Crippen molar-refractivity contribution in [1.29, 1.82) is 0 Å². The minimum absolute atomic E-state index is 0. The van der Waals surface area contributed by atoms with Crippen LogP contribution >= 0.6 is 0 Å². The van der Waals surface area contributed by atoms with Gasteiger partial charge in [-0.3, -0.25) is 9.11 Å². The zero-order chi connectivity index (χ0) is 12.0. The normalized spacial score (nSPS) is 10.1. The fourth-order valence-corrected chi connectivity index (χ4v) is 0.632. The van der Waals surface area contributed by atoms with Gasteiger partial charge >= 0.3 is 102 Å². The van der Waals surface area contributed by atoms with Gasteiger partial charge in [0.25, 0.3) is 0 Å². The molecule has 0 amide bonds. The predicted molar refractivity (Wildman–Crippen MR) is 33.2 cm³/mol. The first-order valence-corrected chi connectivity index (χ1v) is 4.99. The molecule has 3 N–H and O–H groups in total. The molecule has 0 aliphatic rings. The second-order valence-electron chi connectivity index (χ2n) is 1.30. The van der Waals surface area contributed by atoms with E-state index in [2.05, 4.69) is 8.67 Å². The summed E-state index contributed by atoms with van der Waals surface area (Å²) in [4.78, 5) is 0. The summed E-state index contributed by atoms with van der Waals surface area (Å²) in [6.07, 6.45) is 0. The molecule has 0 rings (SSSR count). The Hall–Kier alpha value is 2.32. The van der Waals surface area contributed by atoms with Crippen molar-refractivity contribution in [3.63, 3.8) is 0 Å². The van der Waals surface area contributed by atoms with Crippen LogP contribution < -0.4 is 91.0 Å². The van der Waals surface area contributed by atoms with Crippen LogP contribution in [0.2, 0.25) is 0 Å². The van der Waals surface area contributed by atoms with Crippen LogP contribution in [-0.4, -0.2) is 38.3 Å². The van der Waals surface area contributed by atoms with Gasteiger partial charge in [-0.1, -0.05) is 8.67 Å². The molecule has 0 atom stereocenters. The Bertz CT molecular complexity index is 294. The van der Waals surface area contributed by atoms with Gasteiger partial charge in [0.05, 0.1) is 7.32 Å². The summed E-state index contributed by atoms with van der Waals surface area (Å²) in [5.74, 6) is 0. The van der Waals surface area contributed by atoms with Crippen LogP contribution in [0.1, 0.15) is 0 Å². The maximum absolute atomic E-state index is 9.51. The smallest absolute Gasteiger partial charge is 0.871 e. The van der Waals surface area contributed by atoms with Crippen LogP contribution in [0, 0.1) is 0 Å². The third-order valence-electron chi connectivity index (χ3n) is 0.200. The second-order valence-corrected chi connectivity index (χ2v) is 3.28. The molecule has 0 aromatic heterocycles. The molecular weight excluding hydrogens is 313 g/mol. The standard InChI is InChI=1S/BHO3.K.Na.H2O8S2/c2-1(3)4;;;1-9(2,3)7-8-10(4,5)6/h2H;;;(H,1,2,3)(H,4,5,6)/q-2;2*+1;. The zero-order valence-corrected chi connectivity index (χ0v) is 14.8. The second kappa shape index (κ2) is 12.4. The Morgan fingerprint density at radius 1 is 0.938 bits per heavy atom. The Morgan fingerprint density at radius 2 is 1.06 bits per heavy atom. The monoisotopic (exact) mass is 316 g/mol. The minimum Gasteiger partial charge on any atom is -0.871 e. The molecule has 0 radical (unpaired) electrons. The van der Waals surface area contributed by atoms with Crippen LogP contribution in [0.5, 0.6) is 0 Å². The fraction of sp³-hybridized carbons (Fsp3) is 0. The Morgan fingerprint density at radius 3 is 1.12 bits per heavy atom. The van der Waals surface area contributed by atoms with Crippen molar-refractivity contribution < 1.29 is 131 Å². The molecule has 16 heteroatoms. The Kier molecular flexibility index (Phi) is 20.7. The maximum Gasteiger partial charge on any atom is 1.00 e. The van der Waals surface area contributed by atoms with Gasteiger partial charge in [-0.2, -0.15) is 16.8 Å². The van der Waals surface area contributed by atoms with Crippen molar-refractivity contribution in [2.24, 2.45) is 0 Å². The van der Waals surface area contributed by atoms with E-state index in [0.29, 0.717) is 0 Å². The summed E-state index contributed by atoms with van der Waals surface area (Å²) < 4.78 is 58.9. The number of rotatable bonds is 3. The first-order chi connectivity index (χ1) is 5.94. The summed E-state index contributed by atoms with van der Waals surface area (Å²) in [7, 11) is -12.7. The van der Waals surface area contributed by atoms with E-state index < -0.39 is 28.1 Å². The average Bonchev–Trinajstić information content (AvgIpc) is 1.79. The number of hydrogen-bond acceptors (Lipinski definition) is 9. The zero-order valence-electron chi connectivity index (χ0n) is 8.00. The van der Waals surface area contributed by atoms with E-state index >= 15 is 0 Å². The van der Waals surface area contributed by atoms with Gasteiger partial charge in [0.1, 0.15) is 0 Å². The van der Waals surface area contributed by atoms with Crippen molar-refractivity contribution >= 4 is 28.1 Å². The van der Waals surface area contributed by atoms with Gasteiger partial charge in [0.2, 0.25) is 0 Å². The van der Waals surface area contributed by atoms with Crippen molar-refractivity contribution in [3.8, 4) is 0 Å². The van der Waals surface area contributed by atoms with Gasteiger partial charge in [-0.05, 0) is 0 Å². The quantitative estimate of drug-likeness (QED) is 0.193. The van der Waals surface area contributed by atoms with Crippen molar-refractivity contribution in [2.75, 3.05) is 0 Å². The van der Waals surface area contributed by atoms with Crippen LogP contribution in [0.4, 0.5) is 0 Å². The molecule has 86 valence electrons. The van der Waals surface area contributed by atoms with E-state index in [1.54, 1.807) is 0 Å². The van der Waals surface area contributed by atoms with Crippen molar-refractivity contribution in [1.82, 2.24) is 0 Å². The molecule has 0 unspecified atom stereocenters. The predicted octanol–water partition coefficient (Wildman–Crippen LogP) is -10.8. The van der Waals surface area contributed by atoms with E-state index in [1.165, 1.54) is 0 Å². The van der Waals surface area contributed by atoms with Crippen LogP contribution in [0.25, 0.3) is 0 Å². The largest absolute Gasteiger partial charge is 1.00 e. The van der Waals surface area contributed by atoms with Gasteiger partial charge < -0.3 is 15.1 Å². The third kappa shape index (κ3) is 44.1. The molecule has 0 fully saturated rings. The van der Waals surface area contributed by atoms with Gasteiger partial charge in [0, 0.05) is 0 Å². The average molecular weight is 316 g/mol. The molecule has 0 saturated carbocycles. The van der Waals surface area contributed by atoms with E-state index in [-0.39, 0.29) is 80.9 Å². The van der Waals surface area contributed by atoms with Crippen molar-refractivity contribution in [2.45, 2.75) is 0 Å². The minimum atomic E-state index is -5.02. The van der Waals surface area contributed by atoms with Crippen LogP contribution in [0.15, 0.2) is 0 Å². The molecule has 0 aromatic rings. The molecule has 11 nitrogen and oxygen atoms in total. The van der Waals surface area contributed by atoms with Gasteiger partial charge in [-0.25, -0.2) is 0 Å². The summed E-state index contributed by atoms with van der Waals surface area (Å²) in [6, 6.07) is 0. The molecular formula is H3BKNaO11S2. The SMILES string of the molecule is O=S(=O)(O)OOS(=O)(=O)O.[K+].[Na+].[O-]B([O-])O. The topological polar surface area (TPSA) is 194 Å². The van der Waals surface area contributed by atoms with Crippen molar-refractivity contribution in [3.05, 3.63) is 0 Å². The Balaban J connectivity index is -0.000000105. The Labute approximate surface area is 156 Å². The number of hydrogen-bond donors (Lipinski definition) is 3. The molecule has 16 heavy (non-hydrogen) atoms. The first kappa shape index (κ1) is 26.8. The molecule has 0 spiro atoms. The maximum atomic E-state index is 9.51. The summed E-state index contributed by atoms with van der Waals surface area (Å²) in [5, 5.41) is 24.0. The molecule has 0 aliphatic heterocycles. The fourth-order valence-electron chi connectivity index (χ4n) is 0.0702. The third-order valence-corrected chi connectivity index (χ3v) is 0.766. The molecule has 0 heterocycles. The van der Waals surface area contributed by atoms with E-state index in [0.717, 1.165) is 0 Å². The molecule has 0 aliphatic carbocycles. The molecule has 0 aromatic carbocycles. The summed E-state index contributed by atoms with van der Waals surface area (Å²) in [5.41, 5.74) is 0. The van der Waals surface area contributed by atoms with Crippen LogP contribution in [0.3, 0.4) is 0 Å². The molecule has 0 saturated heterocycles. The van der Waals surface area contributed by atoms with E-state index in [4.69, 9.17) is 24.2 Å². The van der Waals surface area contributed by atoms with Crippen LogP contribution in [-0.2, 0) is 29.5 Å². The summed E-state index contributed by atoms with van der Waals surface area (Å²) in [6.45, 7) is 0. The van der Waals surface area contributed by atoms with E-state index in [1.807, 2.05) is 0 Å². The van der Waals surface area contributed by atoms with E-state index in [9.17, 15) is 16.8 Å². The first-order valence-electron chi connectivity index (χ1n) is 2.26. The summed E-state index contributed by atoms with van der Waals surface area (Å²) >= 11 is 0. The molecule has 0 bridgehead atoms. The van der Waals surface area contributed by atoms with Gasteiger partial charge in [0.15, 0.2) is 0 Å².